The number of hydrogen-bond acceptors (Lipinski definition) is 3. The van der Waals surface area contributed by atoms with Crippen LogP contribution < -0.4 is 5.32 Å². The van der Waals surface area contributed by atoms with E-state index in [-0.39, 0.29) is 0 Å². The molecular weight excluding hydrogens is 236 g/mol. The highest BCUT2D eigenvalue weighted by Gasteiger charge is 2.19. The Morgan fingerprint density at radius 1 is 1.32 bits per heavy atom. The van der Waals surface area contributed by atoms with E-state index in [1.165, 1.54) is 5.56 Å². The van der Waals surface area contributed by atoms with Gasteiger partial charge in [0.1, 0.15) is 5.82 Å². The van der Waals surface area contributed by atoms with Crippen LogP contribution in [0, 0.1) is 0 Å². The monoisotopic (exact) mass is 256 g/mol. The molecule has 0 amide bonds. The Bertz CT molecular complexity index is 520. The lowest BCUT2D eigenvalue weighted by molar-refractivity contribution is 0.197. The van der Waals surface area contributed by atoms with Crippen molar-refractivity contribution in [3.8, 4) is 11.3 Å². The molecule has 1 saturated heterocycles. The zero-order valence-corrected chi connectivity index (χ0v) is 11.3. The molecule has 3 rings (SSSR count). The minimum atomic E-state index is 0.531. The number of aromatic nitrogens is 2. The van der Waals surface area contributed by atoms with E-state index in [0.717, 1.165) is 37.6 Å². The van der Waals surface area contributed by atoms with Gasteiger partial charge in [-0.2, -0.15) is 0 Å². The predicted molar refractivity (Wildman–Crippen MR) is 77.0 cm³/mol. The zero-order chi connectivity index (χ0) is 13.1. The van der Waals surface area contributed by atoms with Crippen LogP contribution in [0.25, 0.3) is 11.3 Å². The van der Waals surface area contributed by atoms with Gasteiger partial charge in [0.25, 0.3) is 0 Å². The first-order chi connectivity index (χ1) is 9.33. The van der Waals surface area contributed by atoms with E-state index < -0.39 is 0 Å². The van der Waals surface area contributed by atoms with Gasteiger partial charge in [-0.3, -0.25) is 0 Å². The Morgan fingerprint density at radius 3 is 2.95 bits per heavy atom. The summed E-state index contributed by atoms with van der Waals surface area (Å²) >= 11 is 0. The fourth-order valence-electron chi connectivity index (χ4n) is 2.54. The van der Waals surface area contributed by atoms with E-state index in [2.05, 4.69) is 51.5 Å². The van der Waals surface area contributed by atoms with Gasteiger partial charge in [-0.1, -0.05) is 30.3 Å². The molecule has 1 aromatic heterocycles. The third-order valence-corrected chi connectivity index (χ3v) is 3.79. The molecule has 1 fully saturated rings. The highest BCUT2D eigenvalue weighted by Crippen LogP contribution is 2.17. The second-order valence-corrected chi connectivity index (χ2v) is 5.15. The molecule has 0 bridgehead atoms. The second-order valence-electron chi connectivity index (χ2n) is 5.15. The first-order valence-electron chi connectivity index (χ1n) is 6.83. The minimum absolute atomic E-state index is 0.531. The fourth-order valence-corrected chi connectivity index (χ4v) is 2.54. The van der Waals surface area contributed by atoms with Crippen molar-refractivity contribution in [1.82, 2.24) is 20.2 Å². The van der Waals surface area contributed by atoms with Crippen LogP contribution in [0.4, 0.5) is 0 Å². The topological polar surface area (TPSA) is 44.0 Å². The number of H-pyrrole nitrogens is 1. The molecule has 0 aliphatic carbocycles. The molecule has 2 heterocycles. The molecule has 4 nitrogen and oxygen atoms in total. The smallest absolute Gasteiger partial charge is 0.108 e. The van der Waals surface area contributed by atoms with Crippen LogP contribution in [0.15, 0.2) is 36.5 Å². The van der Waals surface area contributed by atoms with Crippen molar-refractivity contribution in [2.45, 2.75) is 12.5 Å². The summed E-state index contributed by atoms with van der Waals surface area (Å²) in [7, 11) is 2.19. The van der Waals surface area contributed by atoms with E-state index in [1.807, 2.05) is 12.3 Å². The lowest BCUT2D eigenvalue weighted by Crippen LogP contribution is -2.50. The Balaban J connectivity index is 1.71. The van der Waals surface area contributed by atoms with Gasteiger partial charge in [0.05, 0.1) is 11.9 Å². The van der Waals surface area contributed by atoms with Gasteiger partial charge in [-0.15, -0.1) is 0 Å². The fraction of sp³-hybridized carbons (Fsp3) is 0.400. The molecule has 0 radical (unpaired) electrons. The third kappa shape index (κ3) is 2.85. The number of hydrogen-bond donors (Lipinski definition) is 2. The van der Waals surface area contributed by atoms with Gasteiger partial charge in [-0.25, -0.2) is 4.98 Å². The van der Waals surface area contributed by atoms with Gasteiger partial charge in [0.15, 0.2) is 0 Å². The zero-order valence-electron chi connectivity index (χ0n) is 11.3. The second kappa shape index (κ2) is 5.55. The summed E-state index contributed by atoms with van der Waals surface area (Å²) in [6.45, 7) is 3.23. The third-order valence-electron chi connectivity index (χ3n) is 3.79. The number of imidazole rings is 1. The van der Waals surface area contributed by atoms with Crippen molar-refractivity contribution in [2.75, 3.05) is 26.7 Å². The highest BCUT2D eigenvalue weighted by atomic mass is 15.2. The summed E-state index contributed by atoms with van der Waals surface area (Å²) in [4.78, 5) is 10.3. The van der Waals surface area contributed by atoms with Crippen LogP contribution in [0.2, 0.25) is 0 Å². The molecule has 1 aliphatic rings. The normalized spacial score (nSPS) is 20.6. The van der Waals surface area contributed by atoms with E-state index in [1.54, 1.807) is 0 Å². The summed E-state index contributed by atoms with van der Waals surface area (Å²) < 4.78 is 0. The summed E-state index contributed by atoms with van der Waals surface area (Å²) in [6, 6.07) is 10.9. The van der Waals surface area contributed by atoms with Crippen LogP contribution in [0.3, 0.4) is 0 Å². The molecule has 19 heavy (non-hydrogen) atoms. The van der Waals surface area contributed by atoms with E-state index in [9.17, 15) is 0 Å². The standard InChI is InChI=1S/C15H20N4/c1-19-8-7-16-10-13(19)9-15-17-11-14(18-15)12-5-3-2-4-6-12/h2-6,11,13,16H,7-10H2,1H3,(H,17,18). The molecule has 1 aromatic carbocycles. The first kappa shape index (κ1) is 12.4. The van der Waals surface area contributed by atoms with Crippen LogP contribution >= 0.6 is 0 Å². The minimum Gasteiger partial charge on any atom is -0.342 e. The van der Waals surface area contributed by atoms with E-state index in [4.69, 9.17) is 0 Å². The highest BCUT2D eigenvalue weighted by molar-refractivity contribution is 5.57. The van der Waals surface area contributed by atoms with Crippen molar-refractivity contribution in [3.63, 3.8) is 0 Å². The Kier molecular flexibility index (Phi) is 3.62. The molecule has 1 atom stereocenters. The molecule has 0 saturated carbocycles. The average molecular weight is 256 g/mol. The molecule has 2 N–H and O–H groups in total. The Labute approximate surface area is 113 Å². The van der Waals surface area contributed by atoms with E-state index >= 15 is 0 Å². The van der Waals surface area contributed by atoms with Crippen molar-refractivity contribution in [2.24, 2.45) is 0 Å². The van der Waals surface area contributed by atoms with Crippen molar-refractivity contribution in [3.05, 3.63) is 42.4 Å². The maximum atomic E-state index is 4.51. The van der Waals surface area contributed by atoms with Gasteiger partial charge < -0.3 is 15.2 Å². The molecule has 100 valence electrons. The molecule has 1 unspecified atom stereocenters. The van der Waals surface area contributed by atoms with Gasteiger partial charge in [0.2, 0.25) is 0 Å². The van der Waals surface area contributed by atoms with Gasteiger partial charge in [0, 0.05) is 32.1 Å². The molecule has 2 aromatic rings. The first-order valence-corrected chi connectivity index (χ1v) is 6.83. The van der Waals surface area contributed by atoms with Crippen LogP contribution in [-0.2, 0) is 6.42 Å². The van der Waals surface area contributed by atoms with E-state index in [0.29, 0.717) is 6.04 Å². The number of piperazine rings is 1. The molecule has 1 aliphatic heterocycles. The summed E-state index contributed by atoms with van der Waals surface area (Å²) in [5, 5.41) is 3.44. The molecular formula is C15H20N4. The number of nitrogens with zero attached hydrogens (tertiary/aromatic N) is 2. The largest absolute Gasteiger partial charge is 0.342 e. The van der Waals surface area contributed by atoms with Crippen LogP contribution in [0.1, 0.15) is 5.82 Å². The summed E-state index contributed by atoms with van der Waals surface area (Å²) in [5.74, 6) is 1.07. The maximum absolute atomic E-state index is 4.51. The lowest BCUT2D eigenvalue weighted by atomic mass is 10.1. The number of benzene rings is 1. The number of aromatic amines is 1. The van der Waals surface area contributed by atoms with Gasteiger partial charge >= 0.3 is 0 Å². The predicted octanol–water partition coefficient (Wildman–Crippen LogP) is 1.52. The number of likely N-dealkylation sites (N-methyl/N-ethyl adjacent to an activating group) is 1. The Morgan fingerprint density at radius 2 is 2.16 bits per heavy atom. The molecule has 4 heteroatoms. The maximum Gasteiger partial charge on any atom is 0.108 e. The van der Waals surface area contributed by atoms with Crippen LogP contribution in [-0.4, -0.2) is 47.6 Å². The number of rotatable bonds is 3. The SMILES string of the molecule is CN1CCNCC1Cc1ncc(-c2ccccc2)[nH]1. The van der Waals surface area contributed by atoms with Crippen molar-refractivity contribution >= 4 is 0 Å². The van der Waals surface area contributed by atoms with Gasteiger partial charge in [-0.05, 0) is 12.6 Å². The van der Waals surface area contributed by atoms with Crippen molar-refractivity contribution in [1.29, 1.82) is 0 Å². The quantitative estimate of drug-likeness (QED) is 0.875. The number of nitrogens with one attached hydrogen (secondary N) is 2. The van der Waals surface area contributed by atoms with Crippen LogP contribution in [0.5, 0.6) is 0 Å². The lowest BCUT2D eigenvalue weighted by Gasteiger charge is -2.32. The Hall–Kier alpha value is -1.65. The summed E-state index contributed by atoms with van der Waals surface area (Å²) in [5.41, 5.74) is 2.29. The molecule has 0 spiro atoms. The van der Waals surface area contributed by atoms with Crippen molar-refractivity contribution < 1.29 is 0 Å². The average Bonchev–Trinajstić information content (AvgIpc) is 2.91. The summed E-state index contributed by atoms with van der Waals surface area (Å²) in [6.07, 6.45) is 2.90.